The molecule has 0 aromatic heterocycles. The molecule has 0 aliphatic rings. The Morgan fingerprint density at radius 2 is 1.81 bits per heavy atom. The van der Waals surface area contributed by atoms with Gasteiger partial charge in [-0.25, -0.2) is 0 Å². The maximum atomic E-state index is 5.88. The highest BCUT2D eigenvalue weighted by molar-refractivity contribution is 6.30. The Morgan fingerprint density at radius 3 is 2.31 bits per heavy atom. The smallest absolute Gasteiger partial charge is 0.0406 e. The Balaban J connectivity index is 2.56. The van der Waals surface area contributed by atoms with Crippen LogP contribution in [0.3, 0.4) is 0 Å². The quantitative estimate of drug-likeness (QED) is 0.767. The molecule has 1 unspecified atom stereocenters. The van der Waals surface area contributed by atoms with E-state index in [0.717, 1.165) is 5.02 Å². The minimum absolute atomic E-state index is 0.397. The van der Waals surface area contributed by atoms with Gasteiger partial charge in [-0.15, -0.1) is 0 Å². The van der Waals surface area contributed by atoms with Gasteiger partial charge in [-0.1, -0.05) is 44.0 Å². The van der Waals surface area contributed by atoms with Crippen molar-refractivity contribution >= 4 is 11.6 Å². The SMILES string of the molecule is CCCC(CC)N[C@H](C)c1ccc(Cl)cc1. The first-order valence-electron chi connectivity index (χ1n) is 6.18. The van der Waals surface area contributed by atoms with Crippen molar-refractivity contribution in [1.29, 1.82) is 0 Å². The highest BCUT2D eigenvalue weighted by atomic mass is 35.5. The largest absolute Gasteiger partial charge is 0.307 e. The monoisotopic (exact) mass is 239 g/mol. The molecule has 0 amide bonds. The fourth-order valence-electron chi connectivity index (χ4n) is 1.96. The number of benzene rings is 1. The highest BCUT2D eigenvalue weighted by Gasteiger charge is 2.10. The average molecular weight is 240 g/mol. The molecule has 0 radical (unpaired) electrons. The third-order valence-electron chi connectivity index (χ3n) is 2.99. The van der Waals surface area contributed by atoms with E-state index in [1.165, 1.54) is 24.8 Å². The molecule has 16 heavy (non-hydrogen) atoms. The molecular weight excluding hydrogens is 218 g/mol. The van der Waals surface area contributed by atoms with Crippen molar-refractivity contribution < 1.29 is 0 Å². The van der Waals surface area contributed by atoms with Crippen molar-refractivity contribution in [2.45, 2.75) is 52.1 Å². The summed E-state index contributed by atoms with van der Waals surface area (Å²) in [6.45, 7) is 6.68. The molecule has 2 atom stereocenters. The molecule has 1 rings (SSSR count). The second-order valence-corrected chi connectivity index (χ2v) is 4.77. The van der Waals surface area contributed by atoms with E-state index >= 15 is 0 Å². The summed E-state index contributed by atoms with van der Waals surface area (Å²) in [5, 5.41) is 4.46. The van der Waals surface area contributed by atoms with Crippen molar-refractivity contribution in [3.05, 3.63) is 34.9 Å². The lowest BCUT2D eigenvalue weighted by Crippen LogP contribution is -2.30. The number of rotatable bonds is 6. The topological polar surface area (TPSA) is 12.0 Å². The van der Waals surface area contributed by atoms with E-state index in [-0.39, 0.29) is 0 Å². The first-order chi connectivity index (χ1) is 7.67. The van der Waals surface area contributed by atoms with Crippen LogP contribution in [0, 0.1) is 0 Å². The Hall–Kier alpha value is -0.530. The van der Waals surface area contributed by atoms with Gasteiger partial charge in [-0.3, -0.25) is 0 Å². The molecule has 2 heteroatoms. The minimum atomic E-state index is 0.397. The molecule has 90 valence electrons. The predicted molar refractivity (Wildman–Crippen MR) is 72.0 cm³/mol. The molecule has 0 saturated carbocycles. The summed E-state index contributed by atoms with van der Waals surface area (Å²) < 4.78 is 0. The van der Waals surface area contributed by atoms with Crippen LogP contribution in [0.1, 0.15) is 51.6 Å². The standard InChI is InChI=1S/C14H22ClN/c1-4-6-14(5-2)16-11(3)12-7-9-13(15)10-8-12/h7-11,14,16H,4-6H2,1-3H3/t11-,14?/m1/s1. The zero-order valence-electron chi connectivity index (χ0n) is 10.5. The maximum Gasteiger partial charge on any atom is 0.0406 e. The van der Waals surface area contributed by atoms with Crippen molar-refractivity contribution in [2.24, 2.45) is 0 Å². The molecular formula is C14H22ClN. The van der Waals surface area contributed by atoms with Gasteiger partial charge >= 0.3 is 0 Å². The molecule has 0 spiro atoms. The van der Waals surface area contributed by atoms with E-state index in [1.54, 1.807) is 0 Å². The molecule has 1 N–H and O–H groups in total. The fraction of sp³-hybridized carbons (Fsp3) is 0.571. The fourth-order valence-corrected chi connectivity index (χ4v) is 2.08. The first kappa shape index (κ1) is 13.5. The number of hydrogen-bond acceptors (Lipinski definition) is 1. The highest BCUT2D eigenvalue weighted by Crippen LogP contribution is 2.17. The summed E-state index contributed by atoms with van der Waals surface area (Å²) >= 11 is 5.88. The summed E-state index contributed by atoms with van der Waals surface area (Å²) in [5.41, 5.74) is 1.30. The van der Waals surface area contributed by atoms with E-state index in [4.69, 9.17) is 11.6 Å². The normalized spacial score (nSPS) is 14.8. The summed E-state index contributed by atoms with van der Waals surface area (Å²) in [6, 6.07) is 9.12. The van der Waals surface area contributed by atoms with Crippen LogP contribution in [0.25, 0.3) is 0 Å². The van der Waals surface area contributed by atoms with E-state index < -0.39 is 0 Å². The molecule has 0 heterocycles. The summed E-state index contributed by atoms with van der Waals surface area (Å²) in [7, 11) is 0. The van der Waals surface area contributed by atoms with Gasteiger partial charge in [-0.2, -0.15) is 0 Å². The van der Waals surface area contributed by atoms with Crippen LogP contribution >= 0.6 is 11.6 Å². The first-order valence-corrected chi connectivity index (χ1v) is 6.56. The van der Waals surface area contributed by atoms with Crippen molar-refractivity contribution in [1.82, 2.24) is 5.32 Å². The molecule has 0 fully saturated rings. The maximum absolute atomic E-state index is 5.88. The second kappa shape index (κ2) is 6.93. The summed E-state index contributed by atoms with van der Waals surface area (Å²) in [4.78, 5) is 0. The van der Waals surface area contributed by atoms with Gasteiger partial charge in [0, 0.05) is 17.1 Å². The van der Waals surface area contributed by atoms with Crippen LogP contribution in [0.15, 0.2) is 24.3 Å². The lowest BCUT2D eigenvalue weighted by molar-refractivity contribution is 0.417. The molecule has 1 nitrogen and oxygen atoms in total. The number of hydrogen-bond donors (Lipinski definition) is 1. The van der Waals surface area contributed by atoms with E-state index in [0.29, 0.717) is 12.1 Å². The van der Waals surface area contributed by atoms with Crippen LogP contribution in [0.4, 0.5) is 0 Å². The van der Waals surface area contributed by atoms with Gasteiger partial charge in [0.2, 0.25) is 0 Å². The summed E-state index contributed by atoms with van der Waals surface area (Å²) in [5.74, 6) is 0. The van der Waals surface area contributed by atoms with Gasteiger partial charge in [0.15, 0.2) is 0 Å². The van der Waals surface area contributed by atoms with Crippen LogP contribution in [-0.4, -0.2) is 6.04 Å². The average Bonchev–Trinajstić information content (AvgIpc) is 2.29. The molecule has 0 aliphatic heterocycles. The van der Waals surface area contributed by atoms with Crippen LogP contribution in [0.2, 0.25) is 5.02 Å². The van der Waals surface area contributed by atoms with Gasteiger partial charge in [-0.05, 0) is 37.5 Å². The lowest BCUT2D eigenvalue weighted by Gasteiger charge is -2.22. The van der Waals surface area contributed by atoms with E-state index in [1.807, 2.05) is 12.1 Å². The van der Waals surface area contributed by atoms with Gasteiger partial charge in [0.25, 0.3) is 0 Å². The Bertz CT molecular complexity index is 294. The van der Waals surface area contributed by atoms with Crippen LogP contribution < -0.4 is 5.32 Å². The summed E-state index contributed by atoms with van der Waals surface area (Å²) in [6.07, 6.45) is 3.67. The molecule has 0 bridgehead atoms. The Kier molecular flexibility index (Phi) is 5.86. The lowest BCUT2D eigenvalue weighted by atomic mass is 10.0. The third kappa shape index (κ3) is 4.15. The number of nitrogens with one attached hydrogen (secondary N) is 1. The molecule has 0 saturated heterocycles. The van der Waals surface area contributed by atoms with E-state index in [9.17, 15) is 0 Å². The van der Waals surface area contributed by atoms with Gasteiger partial charge < -0.3 is 5.32 Å². The van der Waals surface area contributed by atoms with Gasteiger partial charge in [0.05, 0.1) is 0 Å². The molecule has 1 aromatic carbocycles. The molecule has 0 aliphatic carbocycles. The van der Waals surface area contributed by atoms with E-state index in [2.05, 4.69) is 38.2 Å². The zero-order valence-corrected chi connectivity index (χ0v) is 11.2. The minimum Gasteiger partial charge on any atom is -0.307 e. The van der Waals surface area contributed by atoms with Crippen molar-refractivity contribution in [2.75, 3.05) is 0 Å². The zero-order chi connectivity index (χ0) is 12.0. The van der Waals surface area contributed by atoms with Crippen LogP contribution in [0.5, 0.6) is 0 Å². The Labute approximate surface area is 104 Å². The van der Waals surface area contributed by atoms with Gasteiger partial charge in [0.1, 0.15) is 0 Å². The van der Waals surface area contributed by atoms with Crippen molar-refractivity contribution in [3.63, 3.8) is 0 Å². The Morgan fingerprint density at radius 1 is 1.19 bits per heavy atom. The number of halogens is 1. The molecule has 1 aromatic rings. The second-order valence-electron chi connectivity index (χ2n) is 4.33. The van der Waals surface area contributed by atoms with Crippen LogP contribution in [-0.2, 0) is 0 Å². The van der Waals surface area contributed by atoms with Crippen molar-refractivity contribution in [3.8, 4) is 0 Å². The third-order valence-corrected chi connectivity index (χ3v) is 3.24. The predicted octanol–water partition coefficient (Wildman–Crippen LogP) is 4.57.